The lowest BCUT2D eigenvalue weighted by molar-refractivity contribution is -0.104. The molecule has 1 aromatic rings. The number of carboxylic acid groups (broad SMARTS) is 1. The van der Waals surface area contributed by atoms with Crippen molar-refractivity contribution in [3.05, 3.63) is 21.4 Å². The smallest absolute Gasteiger partial charge is 0.407 e. The summed E-state index contributed by atoms with van der Waals surface area (Å²) >= 11 is 1.82. The van der Waals surface area contributed by atoms with Gasteiger partial charge >= 0.3 is 6.09 Å². The second-order valence-electron chi connectivity index (χ2n) is 5.58. The fraction of sp³-hybridized carbons (Fsp3) is 0.643. The minimum atomic E-state index is -0.819. The van der Waals surface area contributed by atoms with Crippen LogP contribution >= 0.6 is 11.3 Å². The molecule has 1 aromatic heterocycles. The van der Waals surface area contributed by atoms with Crippen LogP contribution in [0.2, 0.25) is 0 Å². The van der Waals surface area contributed by atoms with E-state index in [1.165, 1.54) is 20.2 Å². The summed E-state index contributed by atoms with van der Waals surface area (Å²) in [7, 11) is 0. The molecule has 0 aromatic carbocycles. The van der Waals surface area contributed by atoms with E-state index in [-0.39, 0.29) is 11.6 Å². The van der Waals surface area contributed by atoms with E-state index in [0.717, 1.165) is 25.9 Å². The average molecular weight is 281 g/mol. The van der Waals surface area contributed by atoms with Crippen LogP contribution in [-0.2, 0) is 16.8 Å². The molecule has 0 aliphatic carbocycles. The molecule has 3 heterocycles. The topological polar surface area (TPSA) is 49.8 Å². The van der Waals surface area contributed by atoms with Crippen LogP contribution in [0, 0.1) is 6.92 Å². The summed E-state index contributed by atoms with van der Waals surface area (Å²) in [5.41, 5.74) is 1.17. The van der Waals surface area contributed by atoms with Gasteiger partial charge in [-0.1, -0.05) is 0 Å². The molecule has 19 heavy (non-hydrogen) atoms. The number of carbonyl (C=O) groups is 1. The van der Waals surface area contributed by atoms with Crippen molar-refractivity contribution in [2.75, 3.05) is 13.2 Å². The van der Waals surface area contributed by atoms with Crippen LogP contribution in [0.25, 0.3) is 0 Å². The van der Waals surface area contributed by atoms with Gasteiger partial charge in [-0.25, -0.2) is 4.79 Å². The Hall–Kier alpha value is -1.07. The van der Waals surface area contributed by atoms with E-state index in [0.29, 0.717) is 6.54 Å². The van der Waals surface area contributed by atoms with Gasteiger partial charge in [-0.05, 0) is 38.3 Å². The van der Waals surface area contributed by atoms with Crippen molar-refractivity contribution in [2.45, 2.75) is 44.8 Å². The first-order chi connectivity index (χ1) is 9.02. The Kier molecular flexibility index (Phi) is 3.06. The summed E-state index contributed by atoms with van der Waals surface area (Å²) in [6.45, 7) is 5.43. The molecule has 0 unspecified atom stereocenters. The van der Waals surface area contributed by atoms with E-state index in [4.69, 9.17) is 4.74 Å². The summed E-state index contributed by atoms with van der Waals surface area (Å²) < 4.78 is 6.14. The number of hydrogen-bond donors (Lipinski definition) is 1. The molecular weight excluding hydrogens is 262 g/mol. The summed E-state index contributed by atoms with van der Waals surface area (Å²) in [5, 5.41) is 9.18. The zero-order chi connectivity index (χ0) is 13.6. The number of hydrogen-bond acceptors (Lipinski definition) is 3. The number of likely N-dealkylation sites (tertiary alicyclic amines) is 1. The first kappa shape index (κ1) is 12.9. The number of piperidine rings is 1. The predicted octanol–water partition coefficient (Wildman–Crippen LogP) is 2.99. The molecule has 0 bridgehead atoms. The van der Waals surface area contributed by atoms with Crippen LogP contribution in [0.15, 0.2) is 6.07 Å². The van der Waals surface area contributed by atoms with Gasteiger partial charge in [0.25, 0.3) is 0 Å². The lowest BCUT2D eigenvalue weighted by Gasteiger charge is -2.46. The third-order valence-corrected chi connectivity index (χ3v) is 5.53. The molecule has 0 radical (unpaired) electrons. The van der Waals surface area contributed by atoms with Crippen molar-refractivity contribution in [1.29, 1.82) is 0 Å². The van der Waals surface area contributed by atoms with E-state index in [2.05, 4.69) is 13.0 Å². The number of rotatable bonds is 0. The largest absolute Gasteiger partial charge is 0.465 e. The molecule has 104 valence electrons. The number of ether oxygens (including phenoxy) is 1. The Labute approximate surface area is 117 Å². The van der Waals surface area contributed by atoms with Crippen LogP contribution in [-0.4, -0.2) is 35.3 Å². The predicted molar refractivity (Wildman–Crippen MR) is 73.8 cm³/mol. The Morgan fingerprint density at radius 1 is 1.63 bits per heavy atom. The van der Waals surface area contributed by atoms with Gasteiger partial charge in [-0.2, -0.15) is 0 Å². The highest BCUT2D eigenvalue weighted by Crippen LogP contribution is 2.46. The van der Waals surface area contributed by atoms with E-state index >= 15 is 0 Å². The van der Waals surface area contributed by atoms with Gasteiger partial charge in [0.1, 0.15) is 5.60 Å². The average Bonchev–Trinajstić information content (AvgIpc) is 2.71. The third-order valence-electron chi connectivity index (χ3n) is 4.26. The molecule has 0 saturated carbocycles. The molecular formula is C14H19NO3S. The fourth-order valence-corrected chi connectivity index (χ4v) is 4.64. The summed E-state index contributed by atoms with van der Waals surface area (Å²) in [5.74, 6) is 0. The van der Waals surface area contributed by atoms with Gasteiger partial charge in [-0.15, -0.1) is 11.3 Å². The van der Waals surface area contributed by atoms with Gasteiger partial charge in [-0.3, -0.25) is 0 Å². The van der Waals surface area contributed by atoms with Gasteiger partial charge in [0.2, 0.25) is 0 Å². The Bertz CT molecular complexity index is 513. The first-order valence-corrected chi connectivity index (χ1v) is 7.57. The minimum Gasteiger partial charge on any atom is -0.465 e. The molecule has 1 amide bonds. The lowest BCUT2D eigenvalue weighted by Crippen LogP contribution is -2.51. The standard InChI is InChI=1S/C14H19NO3S/c1-9-8-14(4-5-15(9)13(16)17)12-11(3-6-18-14)7-10(2)19-12/h7,9H,3-6,8H2,1-2H3,(H,16,17)/t9-,14-/m1/s1. The third kappa shape index (κ3) is 2.05. The molecule has 2 aliphatic rings. The van der Waals surface area contributed by atoms with Crippen LogP contribution in [0.1, 0.15) is 35.1 Å². The Balaban J connectivity index is 1.92. The van der Waals surface area contributed by atoms with Crippen molar-refractivity contribution >= 4 is 17.4 Å². The van der Waals surface area contributed by atoms with Gasteiger partial charge in [0.05, 0.1) is 6.61 Å². The zero-order valence-electron chi connectivity index (χ0n) is 11.3. The monoisotopic (exact) mass is 281 g/mol. The second kappa shape index (κ2) is 4.49. The van der Waals surface area contributed by atoms with E-state index in [1.54, 1.807) is 0 Å². The number of nitrogens with zero attached hydrogens (tertiary/aromatic N) is 1. The number of amides is 1. The van der Waals surface area contributed by atoms with Crippen molar-refractivity contribution in [3.8, 4) is 0 Å². The normalized spacial score (nSPS) is 30.4. The van der Waals surface area contributed by atoms with Crippen LogP contribution in [0.3, 0.4) is 0 Å². The van der Waals surface area contributed by atoms with Gasteiger partial charge in [0, 0.05) is 28.8 Å². The molecule has 1 spiro atoms. The number of thiophene rings is 1. The first-order valence-electron chi connectivity index (χ1n) is 6.75. The lowest BCUT2D eigenvalue weighted by atomic mass is 9.82. The maximum absolute atomic E-state index is 11.2. The van der Waals surface area contributed by atoms with Crippen LogP contribution in [0.4, 0.5) is 4.79 Å². The Morgan fingerprint density at radius 2 is 2.42 bits per heavy atom. The van der Waals surface area contributed by atoms with Crippen molar-refractivity contribution < 1.29 is 14.6 Å². The summed E-state index contributed by atoms with van der Waals surface area (Å²) in [6, 6.07) is 2.28. The number of aryl methyl sites for hydroxylation is 1. The van der Waals surface area contributed by atoms with Gasteiger partial charge < -0.3 is 14.7 Å². The van der Waals surface area contributed by atoms with E-state index in [9.17, 15) is 9.90 Å². The second-order valence-corrected chi connectivity index (χ2v) is 6.84. The van der Waals surface area contributed by atoms with Crippen molar-refractivity contribution in [2.24, 2.45) is 0 Å². The quantitative estimate of drug-likeness (QED) is 0.795. The molecule has 3 rings (SSSR count). The highest BCUT2D eigenvalue weighted by Gasteiger charge is 2.45. The molecule has 5 heteroatoms. The molecule has 1 saturated heterocycles. The van der Waals surface area contributed by atoms with Crippen LogP contribution < -0.4 is 0 Å². The maximum Gasteiger partial charge on any atom is 0.407 e. The highest BCUT2D eigenvalue weighted by molar-refractivity contribution is 7.12. The molecule has 4 nitrogen and oxygen atoms in total. The SMILES string of the molecule is Cc1cc2c(s1)[C@]1(CCN(C(=O)O)[C@H](C)C1)OCC2. The van der Waals surface area contributed by atoms with Crippen LogP contribution in [0.5, 0.6) is 0 Å². The van der Waals surface area contributed by atoms with E-state index in [1.807, 2.05) is 18.3 Å². The summed E-state index contributed by atoms with van der Waals surface area (Å²) in [6.07, 6.45) is 1.71. The van der Waals surface area contributed by atoms with Crippen molar-refractivity contribution in [3.63, 3.8) is 0 Å². The maximum atomic E-state index is 11.2. The molecule has 1 N–H and O–H groups in total. The molecule has 1 fully saturated rings. The Morgan fingerprint density at radius 3 is 3.11 bits per heavy atom. The number of fused-ring (bicyclic) bond motifs is 2. The molecule has 2 aliphatic heterocycles. The zero-order valence-corrected chi connectivity index (χ0v) is 12.1. The van der Waals surface area contributed by atoms with E-state index < -0.39 is 6.09 Å². The molecule has 2 atom stereocenters. The fourth-order valence-electron chi connectivity index (χ4n) is 3.39. The minimum absolute atomic E-state index is 0.0135. The van der Waals surface area contributed by atoms with Gasteiger partial charge in [0.15, 0.2) is 0 Å². The summed E-state index contributed by atoms with van der Waals surface area (Å²) in [4.78, 5) is 15.4. The highest BCUT2D eigenvalue weighted by atomic mass is 32.1. The van der Waals surface area contributed by atoms with Crippen molar-refractivity contribution in [1.82, 2.24) is 4.90 Å².